The van der Waals surface area contributed by atoms with Gasteiger partial charge in [0.05, 0.1) is 0 Å². The Kier molecular flexibility index (Phi) is 5.13. The van der Waals surface area contributed by atoms with E-state index in [0.717, 1.165) is 5.56 Å². The van der Waals surface area contributed by atoms with Gasteiger partial charge in [0.2, 0.25) is 0 Å². The van der Waals surface area contributed by atoms with Gasteiger partial charge in [0.15, 0.2) is 5.70 Å². The third-order valence-electron chi connectivity index (χ3n) is 2.57. The van der Waals surface area contributed by atoms with E-state index in [1.165, 1.54) is 0 Å². The van der Waals surface area contributed by atoms with Crippen LogP contribution in [0.25, 0.3) is 0 Å². The van der Waals surface area contributed by atoms with Gasteiger partial charge in [-0.1, -0.05) is 32.0 Å². The molecule has 0 unspecified atom stereocenters. The smallest absolute Gasteiger partial charge is 0.324 e. The number of nitriles is 2. The van der Waals surface area contributed by atoms with E-state index in [1.807, 2.05) is 26.0 Å². The average molecular weight is 269 g/mol. The molecule has 6 nitrogen and oxygen atoms in total. The molecule has 1 rings (SSSR count). The van der Waals surface area contributed by atoms with Gasteiger partial charge in [0, 0.05) is 5.69 Å². The topological polar surface area (TPSA) is 115 Å². The molecule has 1 aromatic rings. The number of nitrogens with zero attached hydrogens (tertiary/aromatic N) is 2. The van der Waals surface area contributed by atoms with E-state index in [9.17, 15) is 4.79 Å². The number of anilines is 1. The van der Waals surface area contributed by atoms with Gasteiger partial charge in [-0.2, -0.15) is 10.5 Å². The number of nitrogens with two attached hydrogens (primary N) is 1. The van der Waals surface area contributed by atoms with Gasteiger partial charge in [0.25, 0.3) is 0 Å². The summed E-state index contributed by atoms with van der Waals surface area (Å²) in [6.07, 6.45) is 0. The van der Waals surface area contributed by atoms with Crippen molar-refractivity contribution in [2.24, 2.45) is 5.73 Å². The first-order chi connectivity index (χ1) is 9.49. The molecule has 102 valence electrons. The summed E-state index contributed by atoms with van der Waals surface area (Å²) in [6.45, 7) is 4.01. The van der Waals surface area contributed by atoms with Crippen LogP contribution in [0.4, 0.5) is 10.5 Å². The fourth-order valence-corrected chi connectivity index (χ4v) is 1.59. The van der Waals surface area contributed by atoms with Crippen LogP contribution in [0.1, 0.15) is 25.3 Å². The molecule has 0 saturated carbocycles. The number of rotatable bonds is 3. The molecule has 1 aromatic carbocycles. The summed E-state index contributed by atoms with van der Waals surface area (Å²) in [5, 5.41) is 22.3. The summed E-state index contributed by atoms with van der Waals surface area (Å²) in [5.74, 6) is 0.238. The Morgan fingerprint density at radius 1 is 1.25 bits per heavy atom. The van der Waals surface area contributed by atoms with Crippen LogP contribution in [0.15, 0.2) is 35.7 Å². The van der Waals surface area contributed by atoms with E-state index in [4.69, 9.17) is 16.3 Å². The van der Waals surface area contributed by atoms with Crippen molar-refractivity contribution in [3.63, 3.8) is 0 Å². The van der Waals surface area contributed by atoms with Crippen LogP contribution in [-0.4, -0.2) is 6.03 Å². The summed E-state index contributed by atoms with van der Waals surface area (Å²) >= 11 is 0. The first-order valence-corrected chi connectivity index (χ1v) is 5.96. The molecular formula is C14H15N5O. The standard InChI is InChI=1S/C14H15N5O/c1-9(2)10-5-3-4-6-12(10)18-14(20)19-13(8-16)11(17)7-15/h3-6,9H,17H2,1-2H3,(H2,18,19,20). The van der Waals surface area contributed by atoms with Crippen molar-refractivity contribution in [1.29, 1.82) is 10.5 Å². The van der Waals surface area contributed by atoms with E-state index in [0.29, 0.717) is 5.69 Å². The lowest BCUT2D eigenvalue weighted by Crippen LogP contribution is -2.29. The molecule has 4 N–H and O–H groups in total. The molecule has 0 radical (unpaired) electrons. The number of carbonyl (C=O) groups excluding carboxylic acids is 1. The van der Waals surface area contributed by atoms with Crippen LogP contribution >= 0.6 is 0 Å². The summed E-state index contributed by atoms with van der Waals surface area (Å²) in [7, 11) is 0. The van der Waals surface area contributed by atoms with Crippen molar-refractivity contribution < 1.29 is 4.79 Å². The summed E-state index contributed by atoms with van der Waals surface area (Å²) in [5.41, 5.74) is 6.31. The molecule has 0 fully saturated rings. The maximum atomic E-state index is 11.8. The number of allylic oxidation sites excluding steroid dienone is 2. The van der Waals surface area contributed by atoms with Gasteiger partial charge in [-0.05, 0) is 17.5 Å². The number of hydrogen-bond acceptors (Lipinski definition) is 4. The molecule has 0 heterocycles. The van der Waals surface area contributed by atoms with Crippen molar-refractivity contribution >= 4 is 11.7 Å². The lowest BCUT2D eigenvalue weighted by molar-refractivity contribution is 0.254. The van der Waals surface area contributed by atoms with Gasteiger partial charge < -0.3 is 11.1 Å². The zero-order valence-electron chi connectivity index (χ0n) is 11.3. The molecule has 0 aromatic heterocycles. The second kappa shape index (κ2) is 6.81. The van der Waals surface area contributed by atoms with E-state index in [2.05, 4.69) is 10.6 Å². The monoisotopic (exact) mass is 269 g/mol. The van der Waals surface area contributed by atoms with Crippen LogP contribution in [0.2, 0.25) is 0 Å². The fraction of sp³-hybridized carbons (Fsp3) is 0.214. The van der Waals surface area contributed by atoms with Gasteiger partial charge in [-0.15, -0.1) is 0 Å². The minimum absolute atomic E-state index is 0.238. The molecule has 0 aliphatic carbocycles. The van der Waals surface area contributed by atoms with Crippen molar-refractivity contribution in [3.05, 3.63) is 41.2 Å². The van der Waals surface area contributed by atoms with Crippen LogP contribution < -0.4 is 16.4 Å². The highest BCUT2D eigenvalue weighted by molar-refractivity contribution is 5.91. The van der Waals surface area contributed by atoms with Crippen LogP contribution in [0.3, 0.4) is 0 Å². The maximum absolute atomic E-state index is 11.8. The molecule has 2 amide bonds. The predicted molar refractivity (Wildman–Crippen MR) is 75.1 cm³/mol. The van der Waals surface area contributed by atoms with E-state index < -0.39 is 6.03 Å². The molecule has 0 aliphatic rings. The van der Waals surface area contributed by atoms with Crippen molar-refractivity contribution in [1.82, 2.24) is 5.32 Å². The SMILES string of the molecule is CC(C)c1ccccc1NC(=O)NC(C#N)=C(N)C#N. The van der Waals surface area contributed by atoms with E-state index in [-0.39, 0.29) is 17.3 Å². The van der Waals surface area contributed by atoms with Gasteiger partial charge in [0.1, 0.15) is 17.8 Å². The Morgan fingerprint density at radius 2 is 1.90 bits per heavy atom. The van der Waals surface area contributed by atoms with Crippen LogP contribution in [0.5, 0.6) is 0 Å². The second-order valence-corrected chi connectivity index (χ2v) is 4.33. The highest BCUT2D eigenvalue weighted by Crippen LogP contribution is 2.23. The van der Waals surface area contributed by atoms with Gasteiger partial charge in [-0.25, -0.2) is 4.79 Å². The van der Waals surface area contributed by atoms with E-state index in [1.54, 1.807) is 24.3 Å². The zero-order valence-corrected chi connectivity index (χ0v) is 11.3. The molecule has 6 heteroatoms. The number of carbonyl (C=O) groups is 1. The number of nitrogens with one attached hydrogen (secondary N) is 2. The quantitative estimate of drug-likeness (QED) is 0.729. The Balaban J connectivity index is 2.89. The number of para-hydroxylation sites is 1. The summed E-state index contributed by atoms with van der Waals surface area (Å²) in [4.78, 5) is 11.8. The van der Waals surface area contributed by atoms with Gasteiger partial charge >= 0.3 is 6.03 Å². The summed E-state index contributed by atoms with van der Waals surface area (Å²) in [6, 6.07) is 10.0. The average Bonchev–Trinajstić information content (AvgIpc) is 2.44. The van der Waals surface area contributed by atoms with Crippen LogP contribution in [0, 0.1) is 22.7 Å². The van der Waals surface area contributed by atoms with Crippen molar-refractivity contribution in [3.8, 4) is 12.1 Å². The lowest BCUT2D eigenvalue weighted by Gasteiger charge is -2.13. The third kappa shape index (κ3) is 3.76. The number of benzene rings is 1. The maximum Gasteiger partial charge on any atom is 0.324 e. The highest BCUT2D eigenvalue weighted by atomic mass is 16.2. The molecule has 0 saturated heterocycles. The third-order valence-corrected chi connectivity index (χ3v) is 2.57. The first kappa shape index (κ1) is 15.1. The number of hydrogen-bond donors (Lipinski definition) is 3. The molecule has 20 heavy (non-hydrogen) atoms. The minimum Gasteiger partial charge on any atom is -0.388 e. The lowest BCUT2D eigenvalue weighted by atomic mass is 10.0. The van der Waals surface area contributed by atoms with E-state index >= 15 is 0 Å². The molecule has 0 aliphatic heterocycles. The Hall–Kier alpha value is -2.99. The molecule has 0 spiro atoms. The summed E-state index contributed by atoms with van der Waals surface area (Å²) < 4.78 is 0. The normalized spacial score (nSPS) is 11.1. The Labute approximate surface area is 117 Å². The molecule has 0 atom stereocenters. The number of amides is 2. The number of urea groups is 1. The first-order valence-electron chi connectivity index (χ1n) is 5.96. The Bertz CT molecular complexity index is 619. The Morgan fingerprint density at radius 3 is 2.45 bits per heavy atom. The fourth-order valence-electron chi connectivity index (χ4n) is 1.59. The van der Waals surface area contributed by atoms with Crippen molar-refractivity contribution in [2.45, 2.75) is 19.8 Å². The van der Waals surface area contributed by atoms with Crippen molar-refractivity contribution in [2.75, 3.05) is 5.32 Å². The highest BCUT2D eigenvalue weighted by Gasteiger charge is 2.11. The second-order valence-electron chi connectivity index (χ2n) is 4.33. The van der Waals surface area contributed by atoms with Crippen LogP contribution in [-0.2, 0) is 0 Å². The zero-order chi connectivity index (χ0) is 15.1. The molecular weight excluding hydrogens is 254 g/mol. The largest absolute Gasteiger partial charge is 0.388 e. The van der Waals surface area contributed by atoms with Gasteiger partial charge in [-0.3, -0.25) is 5.32 Å². The molecule has 0 bridgehead atoms. The predicted octanol–water partition coefficient (Wildman–Crippen LogP) is 2.15. The minimum atomic E-state index is -0.618.